The van der Waals surface area contributed by atoms with Crippen LogP contribution in [0.4, 0.5) is 5.69 Å². The molecule has 1 amide bonds. The fourth-order valence-electron chi connectivity index (χ4n) is 4.21. The number of benzene rings is 4. The number of nitrogens with one attached hydrogen (secondary N) is 1. The lowest BCUT2D eigenvalue weighted by atomic mass is 9.69. The van der Waals surface area contributed by atoms with E-state index in [2.05, 4.69) is 36.5 Å². The molecule has 0 spiro atoms. The third-order valence-corrected chi connectivity index (χ3v) is 5.93. The number of rotatable bonds is 8. The Morgan fingerprint density at radius 2 is 1.30 bits per heavy atom. The summed E-state index contributed by atoms with van der Waals surface area (Å²) in [4.78, 5) is 14.2. The lowest BCUT2D eigenvalue weighted by Crippen LogP contribution is -2.43. The second-order valence-electron chi connectivity index (χ2n) is 8.21. The van der Waals surface area contributed by atoms with E-state index in [1.165, 1.54) is 5.56 Å². The number of anilines is 1. The van der Waals surface area contributed by atoms with Crippen LogP contribution in [-0.4, -0.2) is 12.5 Å². The van der Waals surface area contributed by atoms with Crippen molar-refractivity contribution in [3.8, 4) is 5.75 Å². The number of carbonyl (C=O) groups is 1. The molecular formula is C30H29NO2. The van der Waals surface area contributed by atoms with E-state index in [0.717, 1.165) is 28.1 Å². The highest BCUT2D eigenvalue weighted by Gasteiger charge is 2.42. The summed E-state index contributed by atoms with van der Waals surface area (Å²) in [5, 5.41) is 3.19. The van der Waals surface area contributed by atoms with Gasteiger partial charge in [-0.15, -0.1) is 0 Å². The molecule has 0 atom stereocenters. The van der Waals surface area contributed by atoms with E-state index in [0.29, 0.717) is 13.0 Å². The van der Waals surface area contributed by atoms with Gasteiger partial charge in [-0.2, -0.15) is 0 Å². The first kappa shape index (κ1) is 22.3. The molecule has 0 bridgehead atoms. The van der Waals surface area contributed by atoms with Crippen molar-refractivity contribution >= 4 is 11.6 Å². The SMILES string of the molecule is CCOc1ccc(NC(=O)C(Cc2ccc(C)cc2)(c2ccccc2)c2ccccc2)cc1. The molecule has 0 fully saturated rings. The second-order valence-corrected chi connectivity index (χ2v) is 8.21. The van der Waals surface area contributed by atoms with E-state index >= 15 is 0 Å². The van der Waals surface area contributed by atoms with Crippen LogP contribution >= 0.6 is 0 Å². The second kappa shape index (κ2) is 10.2. The highest BCUT2D eigenvalue weighted by molar-refractivity contribution is 6.02. The highest BCUT2D eigenvalue weighted by atomic mass is 16.5. The fourth-order valence-corrected chi connectivity index (χ4v) is 4.21. The molecule has 33 heavy (non-hydrogen) atoms. The Labute approximate surface area is 196 Å². The standard InChI is InChI=1S/C30H29NO2/c1-3-33-28-20-18-27(19-21-28)31-29(32)30(25-10-6-4-7-11-25,26-12-8-5-9-13-26)22-24-16-14-23(2)15-17-24/h4-21H,3,22H2,1-2H3,(H,31,32). The van der Waals surface area contributed by atoms with Gasteiger partial charge in [-0.1, -0.05) is 90.5 Å². The number of amides is 1. The Morgan fingerprint density at radius 3 is 1.82 bits per heavy atom. The number of carbonyl (C=O) groups excluding carboxylic acids is 1. The molecule has 1 N–H and O–H groups in total. The summed E-state index contributed by atoms with van der Waals surface area (Å²) < 4.78 is 5.55. The van der Waals surface area contributed by atoms with E-state index < -0.39 is 5.41 Å². The molecule has 4 aromatic rings. The molecule has 166 valence electrons. The largest absolute Gasteiger partial charge is 0.494 e. The van der Waals surface area contributed by atoms with E-state index in [1.54, 1.807) is 0 Å². The van der Waals surface area contributed by atoms with Crippen LogP contribution < -0.4 is 10.1 Å². The van der Waals surface area contributed by atoms with Crippen molar-refractivity contribution in [2.24, 2.45) is 0 Å². The number of ether oxygens (including phenoxy) is 1. The molecule has 3 nitrogen and oxygen atoms in total. The molecular weight excluding hydrogens is 406 g/mol. The van der Waals surface area contributed by atoms with Crippen LogP contribution in [0.15, 0.2) is 109 Å². The minimum Gasteiger partial charge on any atom is -0.494 e. The topological polar surface area (TPSA) is 38.3 Å². The molecule has 0 heterocycles. The Morgan fingerprint density at radius 1 is 0.758 bits per heavy atom. The zero-order valence-electron chi connectivity index (χ0n) is 19.1. The Balaban J connectivity index is 1.81. The molecule has 4 aromatic carbocycles. The summed E-state index contributed by atoms with van der Waals surface area (Å²) >= 11 is 0. The van der Waals surface area contributed by atoms with Gasteiger partial charge < -0.3 is 10.1 Å². The molecule has 4 rings (SSSR count). The van der Waals surface area contributed by atoms with Crippen LogP contribution in [0.25, 0.3) is 0 Å². The van der Waals surface area contributed by atoms with E-state index in [1.807, 2.05) is 91.9 Å². The third-order valence-electron chi connectivity index (χ3n) is 5.93. The van der Waals surface area contributed by atoms with Crippen molar-refractivity contribution in [2.75, 3.05) is 11.9 Å². The predicted octanol–water partition coefficient (Wildman–Crippen LogP) is 6.56. The summed E-state index contributed by atoms with van der Waals surface area (Å²) in [5.41, 5.74) is 4.07. The van der Waals surface area contributed by atoms with Crippen LogP contribution in [0, 0.1) is 6.92 Å². The summed E-state index contributed by atoms with van der Waals surface area (Å²) in [6.07, 6.45) is 0.546. The smallest absolute Gasteiger partial charge is 0.239 e. The molecule has 0 aliphatic carbocycles. The van der Waals surface area contributed by atoms with Gasteiger partial charge in [0.05, 0.1) is 6.61 Å². The van der Waals surface area contributed by atoms with Crippen molar-refractivity contribution < 1.29 is 9.53 Å². The van der Waals surface area contributed by atoms with Crippen LogP contribution in [0.2, 0.25) is 0 Å². The van der Waals surface area contributed by atoms with Gasteiger partial charge in [0.25, 0.3) is 0 Å². The monoisotopic (exact) mass is 435 g/mol. The van der Waals surface area contributed by atoms with Gasteiger partial charge in [0.15, 0.2) is 0 Å². The molecule has 0 saturated carbocycles. The third kappa shape index (κ3) is 4.98. The summed E-state index contributed by atoms with van der Waals surface area (Å²) in [6, 6.07) is 36.0. The lowest BCUT2D eigenvalue weighted by molar-refractivity contribution is -0.120. The molecule has 3 heteroatoms. The summed E-state index contributed by atoms with van der Waals surface area (Å²) in [6.45, 7) is 4.63. The predicted molar refractivity (Wildman–Crippen MR) is 135 cm³/mol. The van der Waals surface area contributed by atoms with Crippen molar-refractivity contribution in [1.82, 2.24) is 0 Å². The van der Waals surface area contributed by atoms with Gasteiger partial charge in [-0.05, 0) is 61.2 Å². The van der Waals surface area contributed by atoms with Crippen LogP contribution in [0.3, 0.4) is 0 Å². The summed E-state index contributed by atoms with van der Waals surface area (Å²) in [5.74, 6) is 0.720. The lowest BCUT2D eigenvalue weighted by Gasteiger charge is -2.34. The van der Waals surface area contributed by atoms with E-state index in [9.17, 15) is 4.79 Å². The average Bonchev–Trinajstić information content (AvgIpc) is 2.86. The maximum Gasteiger partial charge on any atom is 0.239 e. The Bertz CT molecular complexity index is 1130. The van der Waals surface area contributed by atoms with Crippen molar-refractivity contribution in [3.05, 3.63) is 131 Å². The zero-order valence-corrected chi connectivity index (χ0v) is 19.1. The molecule has 0 radical (unpaired) electrons. The minimum atomic E-state index is -0.892. The quantitative estimate of drug-likeness (QED) is 0.340. The first-order chi connectivity index (χ1) is 16.1. The first-order valence-corrected chi connectivity index (χ1v) is 11.3. The average molecular weight is 436 g/mol. The first-order valence-electron chi connectivity index (χ1n) is 11.3. The van der Waals surface area contributed by atoms with Gasteiger partial charge in [0, 0.05) is 5.69 Å². The van der Waals surface area contributed by atoms with Crippen molar-refractivity contribution in [1.29, 1.82) is 0 Å². The van der Waals surface area contributed by atoms with Gasteiger partial charge in [-0.25, -0.2) is 0 Å². The highest BCUT2D eigenvalue weighted by Crippen LogP contribution is 2.37. The molecule has 0 aliphatic rings. The van der Waals surface area contributed by atoms with Crippen LogP contribution in [-0.2, 0) is 16.6 Å². The summed E-state index contributed by atoms with van der Waals surface area (Å²) in [7, 11) is 0. The molecule has 0 aromatic heterocycles. The molecule has 0 saturated heterocycles. The van der Waals surface area contributed by atoms with Crippen molar-refractivity contribution in [2.45, 2.75) is 25.7 Å². The number of aryl methyl sites for hydroxylation is 1. The van der Waals surface area contributed by atoms with Gasteiger partial charge in [0.2, 0.25) is 5.91 Å². The minimum absolute atomic E-state index is 0.0652. The van der Waals surface area contributed by atoms with Crippen molar-refractivity contribution in [3.63, 3.8) is 0 Å². The number of hydrogen-bond acceptors (Lipinski definition) is 2. The zero-order chi connectivity index (χ0) is 23.1. The Hall–Kier alpha value is -3.85. The van der Waals surface area contributed by atoms with Crippen LogP contribution in [0.1, 0.15) is 29.2 Å². The van der Waals surface area contributed by atoms with Gasteiger partial charge in [0.1, 0.15) is 11.2 Å². The van der Waals surface area contributed by atoms with E-state index in [-0.39, 0.29) is 5.91 Å². The fraction of sp³-hybridized carbons (Fsp3) is 0.167. The molecule has 0 unspecified atom stereocenters. The normalized spacial score (nSPS) is 11.1. The van der Waals surface area contributed by atoms with Gasteiger partial charge >= 0.3 is 0 Å². The maximum atomic E-state index is 14.2. The Kier molecular flexibility index (Phi) is 6.89. The van der Waals surface area contributed by atoms with Crippen LogP contribution in [0.5, 0.6) is 5.75 Å². The number of hydrogen-bond donors (Lipinski definition) is 1. The molecule has 0 aliphatic heterocycles. The van der Waals surface area contributed by atoms with E-state index in [4.69, 9.17) is 4.74 Å². The maximum absolute atomic E-state index is 14.2. The van der Waals surface area contributed by atoms with Gasteiger partial charge in [-0.3, -0.25) is 4.79 Å².